The summed E-state index contributed by atoms with van der Waals surface area (Å²) in [5.41, 5.74) is 0.810. The third-order valence-corrected chi connectivity index (χ3v) is 3.53. The number of carboxylic acid groups (broad SMARTS) is 1. The number of ether oxygens (including phenoxy) is 2. The summed E-state index contributed by atoms with van der Waals surface area (Å²) in [7, 11) is 0. The van der Waals surface area contributed by atoms with Crippen LogP contribution in [0.2, 0.25) is 5.22 Å². The van der Waals surface area contributed by atoms with Gasteiger partial charge in [-0.3, -0.25) is 4.79 Å². The molecule has 3 rings (SSSR count). The van der Waals surface area contributed by atoms with Gasteiger partial charge in [0, 0.05) is 6.04 Å². The zero-order chi connectivity index (χ0) is 15.5. The van der Waals surface area contributed by atoms with E-state index in [1.54, 1.807) is 24.3 Å². The van der Waals surface area contributed by atoms with E-state index in [1.807, 2.05) is 6.07 Å². The first-order valence-corrected chi connectivity index (χ1v) is 7.08. The van der Waals surface area contributed by atoms with Crippen molar-refractivity contribution < 1.29 is 23.8 Å². The van der Waals surface area contributed by atoms with Crippen LogP contribution in [0.4, 0.5) is 0 Å². The molecule has 0 unspecified atom stereocenters. The van der Waals surface area contributed by atoms with E-state index >= 15 is 0 Å². The number of fused-ring (bicyclic) bond motifs is 1. The van der Waals surface area contributed by atoms with Gasteiger partial charge in [0.15, 0.2) is 16.7 Å². The van der Waals surface area contributed by atoms with Crippen LogP contribution in [-0.4, -0.2) is 17.9 Å². The van der Waals surface area contributed by atoms with E-state index in [0.717, 1.165) is 5.56 Å². The first kappa shape index (κ1) is 14.7. The maximum atomic E-state index is 11.1. The van der Waals surface area contributed by atoms with Crippen molar-refractivity contribution in [2.24, 2.45) is 0 Å². The van der Waals surface area contributed by atoms with Gasteiger partial charge in [0.1, 0.15) is 5.76 Å². The number of benzene rings is 1. The molecule has 0 amide bonds. The van der Waals surface area contributed by atoms with Crippen molar-refractivity contribution >= 4 is 17.6 Å². The largest absolute Gasteiger partial charge is 0.481 e. The molecule has 0 spiro atoms. The van der Waals surface area contributed by atoms with Crippen LogP contribution in [0, 0.1) is 0 Å². The minimum atomic E-state index is -0.896. The normalized spacial score (nSPS) is 14.0. The van der Waals surface area contributed by atoms with E-state index in [9.17, 15) is 4.79 Å². The second-order valence-electron chi connectivity index (χ2n) is 4.85. The highest BCUT2D eigenvalue weighted by atomic mass is 35.5. The quantitative estimate of drug-likeness (QED) is 0.850. The number of hydrogen-bond acceptors (Lipinski definition) is 5. The predicted octanol–water partition coefficient (Wildman–Crippen LogP) is 2.97. The Hall–Kier alpha value is -2.18. The molecule has 1 aliphatic rings. The van der Waals surface area contributed by atoms with Gasteiger partial charge in [-0.05, 0) is 41.4 Å². The Morgan fingerprint density at radius 2 is 2.09 bits per heavy atom. The number of hydrogen-bond donors (Lipinski definition) is 2. The summed E-state index contributed by atoms with van der Waals surface area (Å²) in [5.74, 6) is 1.03. The van der Waals surface area contributed by atoms with E-state index in [4.69, 9.17) is 30.6 Å². The van der Waals surface area contributed by atoms with Crippen molar-refractivity contribution in [3.05, 3.63) is 46.9 Å². The van der Waals surface area contributed by atoms with E-state index in [1.165, 1.54) is 0 Å². The standard InChI is InChI=1S/C15H14ClNO5/c16-14-4-2-10(22-14)7-17-11(6-15(18)19)9-1-3-12-13(5-9)21-8-20-12/h1-5,11,17H,6-8H2,(H,18,19)/t11-/m0/s1. The Kier molecular flexibility index (Phi) is 4.22. The molecule has 0 saturated heterocycles. The molecule has 1 aromatic carbocycles. The van der Waals surface area contributed by atoms with Gasteiger partial charge in [-0.15, -0.1) is 0 Å². The highest BCUT2D eigenvalue weighted by molar-refractivity contribution is 6.28. The van der Waals surface area contributed by atoms with Gasteiger partial charge in [0.05, 0.1) is 13.0 Å². The molecule has 0 fully saturated rings. The maximum Gasteiger partial charge on any atom is 0.305 e. The number of nitrogens with one attached hydrogen (secondary N) is 1. The highest BCUT2D eigenvalue weighted by Crippen LogP contribution is 2.34. The Bertz CT molecular complexity index is 684. The number of halogens is 1. The van der Waals surface area contributed by atoms with E-state index in [-0.39, 0.29) is 19.3 Å². The van der Waals surface area contributed by atoms with Crippen molar-refractivity contribution in [1.29, 1.82) is 0 Å². The fourth-order valence-electron chi connectivity index (χ4n) is 2.28. The molecule has 6 nitrogen and oxygen atoms in total. The van der Waals surface area contributed by atoms with Crippen LogP contribution in [0.1, 0.15) is 23.8 Å². The molecule has 2 aromatic rings. The summed E-state index contributed by atoms with van der Waals surface area (Å²) in [6.45, 7) is 0.555. The van der Waals surface area contributed by atoms with Crippen LogP contribution in [0.15, 0.2) is 34.7 Å². The average molecular weight is 324 g/mol. The maximum absolute atomic E-state index is 11.1. The third-order valence-electron chi connectivity index (χ3n) is 3.33. The topological polar surface area (TPSA) is 80.9 Å². The number of carboxylic acids is 1. The van der Waals surface area contributed by atoms with Crippen molar-refractivity contribution in [3.63, 3.8) is 0 Å². The zero-order valence-electron chi connectivity index (χ0n) is 11.5. The average Bonchev–Trinajstić information content (AvgIpc) is 3.10. The molecule has 0 bridgehead atoms. The van der Waals surface area contributed by atoms with Crippen LogP contribution in [0.3, 0.4) is 0 Å². The number of furan rings is 1. The molecular weight excluding hydrogens is 310 g/mol. The summed E-state index contributed by atoms with van der Waals surface area (Å²) in [6.07, 6.45) is -0.0614. The molecule has 0 radical (unpaired) electrons. The fourth-order valence-corrected chi connectivity index (χ4v) is 2.45. The van der Waals surface area contributed by atoms with Crippen LogP contribution < -0.4 is 14.8 Å². The minimum absolute atomic E-state index is 0.0614. The second kappa shape index (κ2) is 6.29. The lowest BCUT2D eigenvalue weighted by Gasteiger charge is -2.17. The Morgan fingerprint density at radius 3 is 2.82 bits per heavy atom. The monoisotopic (exact) mass is 323 g/mol. The first-order valence-electron chi connectivity index (χ1n) is 6.71. The lowest BCUT2D eigenvalue weighted by molar-refractivity contribution is -0.137. The molecule has 0 saturated carbocycles. The fraction of sp³-hybridized carbons (Fsp3) is 0.267. The van der Waals surface area contributed by atoms with E-state index in [2.05, 4.69) is 5.32 Å². The first-order chi connectivity index (χ1) is 10.6. The molecule has 0 aliphatic carbocycles. The van der Waals surface area contributed by atoms with Gasteiger partial charge in [0.25, 0.3) is 0 Å². The molecule has 7 heteroatoms. The van der Waals surface area contributed by atoms with Crippen LogP contribution in [0.25, 0.3) is 0 Å². The van der Waals surface area contributed by atoms with Crippen molar-refractivity contribution in [2.45, 2.75) is 19.0 Å². The summed E-state index contributed by atoms with van der Waals surface area (Å²) >= 11 is 5.72. The van der Waals surface area contributed by atoms with Crippen molar-refractivity contribution in [1.82, 2.24) is 5.32 Å². The van der Waals surface area contributed by atoms with E-state index < -0.39 is 5.97 Å². The molecule has 1 aliphatic heterocycles. The molecular formula is C15H14ClNO5. The Labute approximate surface area is 131 Å². The summed E-state index contributed by atoms with van der Waals surface area (Å²) in [4.78, 5) is 11.1. The van der Waals surface area contributed by atoms with Gasteiger partial charge in [-0.2, -0.15) is 0 Å². The molecule has 1 aromatic heterocycles. The lowest BCUT2D eigenvalue weighted by Crippen LogP contribution is -2.23. The van der Waals surface area contributed by atoms with Gasteiger partial charge in [0.2, 0.25) is 6.79 Å². The van der Waals surface area contributed by atoms with Gasteiger partial charge in [-0.25, -0.2) is 0 Å². The smallest absolute Gasteiger partial charge is 0.305 e. The molecule has 22 heavy (non-hydrogen) atoms. The summed E-state index contributed by atoms with van der Waals surface area (Å²) < 4.78 is 15.8. The third kappa shape index (κ3) is 3.35. The van der Waals surface area contributed by atoms with E-state index in [0.29, 0.717) is 29.0 Å². The van der Waals surface area contributed by atoms with Gasteiger partial charge in [-0.1, -0.05) is 6.07 Å². The number of rotatable bonds is 6. The van der Waals surface area contributed by atoms with Crippen molar-refractivity contribution in [3.8, 4) is 11.5 Å². The van der Waals surface area contributed by atoms with Crippen LogP contribution >= 0.6 is 11.6 Å². The number of aliphatic carboxylic acids is 1. The minimum Gasteiger partial charge on any atom is -0.481 e. The Morgan fingerprint density at radius 1 is 1.27 bits per heavy atom. The second-order valence-corrected chi connectivity index (χ2v) is 5.22. The molecule has 116 valence electrons. The number of carbonyl (C=O) groups is 1. The molecule has 1 atom stereocenters. The molecule has 2 N–H and O–H groups in total. The van der Waals surface area contributed by atoms with Gasteiger partial charge >= 0.3 is 5.97 Å². The predicted molar refractivity (Wildman–Crippen MR) is 78.1 cm³/mol. The molecule has 2 heterocycles. The van der Waals surface area contributed by atoms with Gasteiger partial charge < -0.3 is 24.3 Å². The Balaban J connectivity index is 1.75. The van der Waals surface area contributed by atoms with Crippen molar-refractivity contribution in [2.75, 3.05) is 6.79 Å². The lowest BCUT2D eigenvalue weighted by atomic mass is 10.0. The van der Waals surface area contributed by atoms with Crippen LogP contribution in [0.5, 0.6) is 11.5 Å². The SMILES string of the molecule is O=C(O)C[C@H](NCc1ccc(Cl)o1)c1ccc2c(c1)OCO2. The summed E-state index contributed by atoms with van der Waals surface area (Å²) in [6, 6.07) is 8.40. The van der Waals surface area contributed by atoms with Crippen LogP contribution in [-0.2, 0) is 11.3 Å². The zero-order valence-corrected chi connectivity index (χ0v) is 12.3. The highest BCUT2D eigenvalue weighted by Gasteiger charge is 2.20. The summed E-state index contributed by atoms with van der Waals surface area (Å²) in [5, 5.41) is 12.6.